The zero-order valence-corrected chi connectivity index (χ0v) is 18.4. The molecule has 2 aromatic carbocycles. The normalized spacial score (nSPS) is 16.9. The van der Waals surface area contributed by atoms with Crippen LogP contribution < -0.4 is 9.62 Å². The molecule has 2 aliphatic rings. The number of H-pyrrole nitrogens is 1. The summed E-state index contributed by atoms with van der Waals surface area (Å²) < 4.78 is 8.58. The fraction of sp³-hybridized carbons (Fsp3) is 0.375. The number of para-hydroxylation sites is 1. The zero-order chi connectivity index (χ0) is 21.0. The molecule has 3 aromatic rings. The molecule has 2 saturated heterocycles. The number of carbonyl (C=O) groups is 1. The summed E-state index contributed by atoms with van der Waals surface area (Å²) in [6, 6.07) is 17.2. The first kappa shape index (κ1) is 20.4. The molecule has 2 fully saturated rings. The van der Waals surface area contributed by atoms with Crippen molar-refractivity contribution in [2.24, 2.45) is 0 Å². The third-order valence-corrected chi connectivity index (χ3v) is 6.79. The predicted molar refractivity (Wildman–Crippen MR) is 126 cm³/mol. The smallest absolute Gasteiger partial charge is 0.237 e. The number of amides is 1. The topological polar surface area (TPSA) is 60.6 Å². The van der Waals surface area contributed by atoms with E-state index in [9.17, 15) is 4.79 Å². The molecule has 0 atom stereocenters. The van der Waals surface area contributed by atoms with Gasteiger partial charge in [-0.05, 0) is 55.1 Å². The number of anilines is 1. The van der Waals surface area contributed by atoms with Crippen LogP contribution in [0.3, 0.4) is 0 Å². The number of benzene rings is 2. The first-order valence-corrected chi connectivity index (χ1v) is 11.8. The Labute approximate surface area is 187 Å². The molecule has 5 rings (SSSR count). The average molecular weight is 437 g/mol. The minimum Gasteiger partial charge on any atom is -0.378 e. The number of fused-ring (bicyclic) bond motifs is 1. The van der Waals surface area contributed by atoms with E-state index >= 15 is 0 Å². The summed E-state index contributed by atoms with van der Waals surface area (Å²) in [5, 5.41) is 1.22. The molecule has 0 radical (unpaired) electrons. The number of morpholine rings is 1. The quantitative estimate of drug-likeness (QED) is 0.574. The van der Waals surface area contributed by atoms with Gasteiger partial charge < -0.3 is 19.5 Å². The van der Waals surface area contributed by atoms with Crippen molar-refractivity contribution in [3.8, 4) is 11.3 Å². The van der Waals surface area contributed by atoms with Crippen LogP contribution in [0.1, 0.15) is 12.8 Å². The zero-order valence-electron chi connectivity index (χ0n) is 17.6. The van der Waals surface area contributed by atoms with E-state index < -0.39 is 0 Å². The highest BCUT2D eigenvalue weighted by Gasteiger charge is 2.19. The largest absolute Gasteiger partial charge is 0.378 e. The molecule has 1 amide bonds. The average Bonchev–Trinajstić information content (AvgIpc) is 3.49. The first-order valence-electron chi connectivity index (χ1n) is 11.0. The Morgan fingerprint density at radius 3 is 2.65 bits per heavy atom. The van der Waals surface area contributed by atoms with Crippen LogP contribution in [0, 0.1) is 0 Å². The monoisotopic (exact) mass is 436 g/mol. The lowest BCUT2D eigenvalue weighted by Crippen LogP contribution is -2.43. The van der Waals surface area contributed by atoms with E-state index in [1.54, 1.807) is 0 Å². The van der Waals surface area contributed by atoms with Crippen molar-refractivity contribution in [3.63, 3.8) is 0 Å². The fourth-order valence-corrected chi connectivity index (χ4v) is 5.03. The van der Waals surface area contributed by atoms with Crippen LogP contribution >= 0.6 is 11.9 Å². The maximum Gasteiger partial charge on any atom is 0.237 e. The number of aromatic amines is 1. The van der Waals surface area contributed by atoms with E-state index in [1.807, 2.05) is 4.90 Å². The molecule has 0 saturated carbocycles. The number of rotatable bonds is 6. The number of nitrogens with zero attached hydrogens (tertiary/aromatic N) is 2. The van der Waals surface area contributed by atoms with Gasteiger partial charge in [0.1, 0.15) is 0 Å². The highest BCUT2D eigenvalue weighted by Crippen LogP contribution is 2.36. The molecule has 2 aliphatic heterocycles. The molecule has 162 valence electrons. The van der Waals surface area contributed by atoms with E-state index in [1.165, 1.54) is 41.4 Å². The summed E-state index contributed by atoms with van der Waals surface area (Å²) in [6.45, 7) is 5.15. The van der Waals surface area contributed by atoms with Crippen molar-refractivity contribution in [2.45, 2.75) is 17.7 Å². The Morgan fingerprint density at radius 2 is 1.84 bits per heavy atom. The van der Waals surface area contributed by atoms with Crippen molar-refractivity contribution >= 4 is 34.4 Å². The second-order valence-corrected chi connectivity index (χ2v) is 9.02. The van der Waals surface area contributed by atoms with Gasteiger partial charge >= 0.3 is 0 Å². The molecule has 1 aromatic heterocycles. The van der Waals surface area contributed by atoms with Crippen LogP contribution in [0.5, 0.6) is 0 Å². The minimum absolute atomic E-state index is 0.125. The van der Waals surface area contributed by atoms with Gasteiger partial charge in [0.25, 0.3) is 0 Å². The number of nitrogens with one attached hydrogen (secondary N) is 2. The molecule has 0 bridgehead atoms. The van der Waals surface area contributed by atoms with Gasteiger partial charge in [-0.1, -0.05) is 18.2 Å². The van der Waals surface area contributed by atoms with Gasteiger partial charge in [0.05, 0.1) is 19.8 Å². The lowest BCUT2D eigenvalue weighted by molar-refractivity contribution is -0.133. The Kier molecular flexibility index (Phi) is 6.15. The summed E-state index contributed by atoms with van der Waals surface area (Å²) in [5.74, 6) is 0.125. The Bertz CT molecular complexity index is 1020. The van der Waals surface area contributed by atoms with Gasteiger partial charge in [0, 0.05) is 58.9 Å². The van der Waals surface area contributed by atoms with E-state index in [2.05, 4.69) is 63.1 Å². The molecule has 3 heterocycles. The van der Waals surface area contributed by atoms with Crippen molar-refractivity contribution in [1.82, 2.24) is 14.6 Å². The van der Waals surface area contributed by atoms with Gasteiger partial charge in [0.15, 0.2) is 0 Å². The third-order valence-electron chi connectivity index (χ3n) is 6.01. The fourth-order valence-electron chi connectivity index (χ4n) is 4.35. The van der Waals surface area contributed by atoms with E-state index in [-0.39, 0.29) is 5.91 Å². The standard InChI is InChI=1S/C24H28N4O2S/c29-24(28-11-13-30-14-12-28)17-25-31-19-7-8-23(27-9-3-4-10-27)20(16-19)22-15-18-5-1-2-6-21(18)26-22/h1-2,5-8,15-16,25-26H,3-4,9-14,17H2. The van der Waals surface area contributed by atoms with E-state index in [0.717, 1.165) is 29.2 Å². The summed E-state index contributed by atoms with van der Waals surface area (Å²) in [5.41, 5.74) is 4.77. The lowest BCUT2D eigenvalue weighted by Gasteiger charge is -2.26. The van der Waals surface area contributed by atoms with E-state index in [0.29, 0.717) is 32.8 Å². The van der Waals surface area contributed by atoms with E-state index in [4.69, 9.17) is 4.74 Å². The number of aromatic nitrogens is 1. The van der Waals surface area contributed by atoms with Crippen LogP contribution in [0.25, 0.3) is 22.2 Å². The molecule has 0 unspecified atom stereocenters. The predicted octanol–water partition coefficient (Wildman–Crippen LogP) is 3.89. The van der Waals surface area contributed by atoms with Crippen LogP contribution in [-0.4, -0.2) is 61.7 Å². The van der Waals surface area contributed by atoms with Crippen molar-refractivity contribution < 1.29 is 9.53 Å². The van der Waals surface area contributed by atoms with Crippen molar-refractivity contribution in [1.29, 1.82) is 0 Å². The Balaban J connectivity index is 1.35. The van der Waals surface area contributed by atoms with Crippen molar-refractivity contribution in [3.05, 3.63) is 48.5 Å². The molecule has 31 heavy (non-hydrogen) atoms. The Morgan fingerprint density at radius 1 is 1.03 bits per heavy atom. The number of carbonyl (C=O) groups excluding carboxylic acids is 1. The van der Waals surface area contributed by atoms with Crippen LogP contribution in [0.15, 0.2) is 53.4 Å². The highest BCUT2D eigenvalue weighted by atomic mass is 32.2. The van der Waals surface area contributed by atoms with Crippen LogP contribution in [0.2, 0.25) is 0 Å². The summed E-state index contributed by atoms with van der Waals surface area (Å²) in [7, 11) is 0. The van der Waals surface area contributed by atoms with Gasteiger partial charge in [0.2, 0.25) is 5.91 Å². The van der Waals surface area contributed by atoms with Gasteiger partial charge in [-0.2, -0.15) is 0 Å². The Hall–Kier alpha value is -2.48. The summed E-state index contributed by atoms with van der Waals surface area (Å²) in [4.78, 5) is 21.4. The maximum absolute atomic E-state index is 12.4. The van der Waals surface area contributed by atoms with Gasteiger partial charge in [-0.25, -0.2) is 0 Å². The highest BCUT2D eigenvalue weighted by molar-refractivity contribution is 7.97. The summed E-state index contributed by atoms with van der Waals surface area (Å²) in [6.07, 6.45) is 2.49. The summed E-state index contributed by atoms with van der Waals surface area (Å²) >= 11 is 1.52. The van der Waals surface area contributed by atoms with Crippen LogP contribution in [-0.2, 0) is 9.53 Å². The molecule has 6 nitrogen and oxygen atoms in total. The van der Waals surface area contributed by atoms with Crippen LogP contribution in [0.4, 0.5) is 5.69 Å². The van der Waals surface area contributed by atoms with Gasteiger partial charge in [-0.3, -0.25) is 9.52 Å². The lowest BCUT2D eigenvalue weighted by atomic mass is 10.1. The second kappa shape index (κ2) is 9.34. The second-order valence-electron chi connectivity index (χ2n) is 8.06. The molecule has 7 heteroatoms. The molecular formula is C24H28N4O2S. The van der Waals surface area contributed by atoms with Gasteiger partial charge in [-0.15, -0.1) is 0 Å². The third kappa shape index (κ3) is 4.59. The number of hydrogen-bond acceptors (Lipinski definition) is 5. The SMILES string of the molecule is O=C(CNSc1ccc(N2CCCC2)c(-c2cc3ccccc3[nH]2)c1)N1CCOCC1. The minimum atomic E-state index is 0.125. The molecular weight excluding hydrogens is 408 g/mol. The number of ether oxygens (including phenoxy) is 1. The van der Waals surface area contributed by atoms with Crippen molar-refractivity contribution in [2.75, 3.05) is 50.8 Å². The molecule has 0 aliphatic carbocycles. The maximum atomic E-state index is 12.4. The first-order chi connectivity index (χ1) is 15.3. The number of hydrogen-bond donors (Lipinski definition) is 2. The molecule has 2 N–H and O–H groups in total. The molecule has 0 spiro atoms.